The van der Waals surface area contributed by atoms with Gasteiger partial charge in [0.1, 0.15) is 0 Å². The Morgan fingerprint density at radius 3 is 2.93 bits per heavy atom. The summed E-state index contributed by atoms with van der Waals surface area (Å²) in [5.41, 5.74) is 1.37. The summed E-state index contributed by atoms with van der Waals surface area (Å²) >= 11 is 0. The maximum atomic E-state index is 3.59. The predicted octanol–water partition coefficient (Wildman–Crippen LogP) is -0.248. The lowest BCUT2D eigenvalue weighted by Crippen LogP contribution is -2.43. The van der Waals surface area contributed by atoms with Crippen LogP contribution in [0.2, 0.25) is 0 Å². The molecule has 0 aromatic rings. The second-order valence-corrected chi connectivity index (χ2v) is 4.31. The van der Waals surface area contributed by atoms with Gasteiger partial charge in [-0.3, -0.25) is 0 Å². The number of rotatable bonds is 0. The van der Waals surface area contributed by atoms with Gasteiger partial charge in [0.05, 0.1) is 0 Å². The predicted molar refractivity (Wildman–Crippen MR) is 62.6 cm³/mol. The fourth-order valence-electron chi connectivity index (χ4n) is 2.15. The zero-order valence-electron chi connectivity index (χ0n) is 9.31. The van der Waals surface area contributed by atoms with Gasteiger partial charge >= 0.3 is 0 Å². The SMILES string of the molecule is C1=C2/CCCC(CNCCNCCN/1)N2. The lowest BCUT2D eigenvalue weighted by Gasteiger charge is -2.27. The Labute approximate surface area is 91.9 Å². The number of nitrogens with one attached hydrogen (secondary N) is 4. The van der Waals surface area contributed by atoms with E-state index in [-0.39, 0.29) is 0 Å². The molecule has 1 atom stereocenters. The lowest BCUT2D eigenvalue weighted by molar-refractivity contribution is 0.418. The smallest absolute Gasteiger partial charge is 0.0383 e. The molecule has 2 rings (SSSR count). The molecule has 0 radical (unpaired) electrons. The van der Waals surface area contributed by atoms with Gasteiger partial charge in [0, 0.05) is 50.7 Å². The summed E-state index contributed by atoms with van der Waals surface area (Å²) in [7, 11) is 0. The third-order valence-corrected chi connectivity index (χ3v) is 2.98. The van der Waals surface area contributed by atoms with Crippen LogP contribution in [0.25, 0.3) is 0 Å². The fourth-order valence-corrected chi connectivity index (χ4v) is 2.15. The van der Waals surface area contributed by atoms with Crippen molar-refractivity contribution in [1.29, 1.82) is 0 Å². The van der Waals surface area contributed by atoms with Crippen LogP contribution in [0.5, 0.6) is 0 Å². The molecule has 0 saturated carbocycles. The highest BCUT2D eigenvalue weighted by Crippen LogP contribution is 2.14. The first-order valence-electron chi connectivity index (χ1n) is 6.05. The quantitative estimate of drug-likeness (QED) is 0.445. The maximum absolute atomic E-state index is 3.59. The van der Waals surface area contributed by atoms with Crippen LogP contribution in [-0.4, -0.2) is 38.8 Å². The average molecular weight is 210 g/mol. The van der Waals surface area contributed by atoms with Crippen molar-refractivity contribution in [2.24, 2.45) is 0 Å². The Morgan fingerprint density at radius 1 is 1.07 bits per heavy atom. The molecule has 2 aliphatic heterocycles. The second kappa shape index (κ2) is 5.98. The minimum absolute atomic E-state index is 0.617. The molecular formula is C11H22N4. The minimum atomic E-state index is 0.617. The molecule has 4 nitrogen and oxygen atoms in total. The van der Waals surface area contributed by atoms with Crippen LogP contribution in [-0.2, 0) is 0 Å². The number of piperidine rings is 1. The molecule has 2 heterocycles. The Morgan fingerprint density at radius 2 is 1.93 bits per heavy atom. The van der Waals surface area contributed by atoms with Crippen molar-refractivity contribution in [3.05, 3.63) is 11.9 Å². The van der Waals surface area contributed by atoms with Gasteiger partial charge in [0.2, 0.25) is 0 Å². The Balaban J connectivity index is 1.88. The van der Waals surface area contributed by atoms with Crippen LogP contribution in [0.3, 0.4) is 0 Å². The number of fused-ring (bicyclic) bond motifs is 2. The summed E-state index contributed by atoms with van der Waals surface area (Å²) in [4.78, 5) is 0. The van der Waals surface area contributed by atoms with Crippen LogP contribution in [0.1, 0.15) is 19.3 Å². The molecule has 1 fully saturated rings. The van der Waals surface area contributed by atoms with E-state index in [2.05, 4.69) is 27.5 Å². The van der Waals surface area contributed by atoms with E-state index in [1.54, 1.807) is 0 Å². The second-order valence-electron chi connectivity index (χ2n) is 4.31. The van der Waals surface area contributed by atoms with E-state index in [0.29, 0.717) is 6.04 Å². The van der Waals surface area contributed by atoms with E-state index >= 15 is 0 Å². The fraction of sp³-hybridized carbons (Fsp3) is 0.818. The van der Waals surface area contributed by atoms with E-state index in [1.807, 2.05) is 0 Å². The molecule has 0 spiro atoms. The van der Waals surface area contributed by atoms with E-state index in [4.69, 9.17) is 0 Å². The van der Waals surface area contributed by atoms with Gasteiger partial charge in [0.15, 0.2) is 0 Å². The first-order chi connectivity index (χ1) is 7.45. The molecule has 4 N–H and O–H groups in total. The first-order valence-corrected chi connectivity index (χ1v) is 6.05. The maximum Gasteiger partial charge on any atom is 0.0383 e. The van der Waals surface area contributed by atoms with Gasteiger partial charge in [-0.2, -0.15) is 0 Å². The molecule has 15 heavy (non-hydrogen) atoms. The van der Waals surface area contributed by atoms with Crippen molar-refractivity contribution < 1.29 is 0 Å². The summed E-state index contributed by atoms with van der Waals surface area (Å²) in [6.07, 6.45) is 5.94. The topological polar surface area (TPSA) is 48.1 Å². The van der Waals surface area contributed by atoms with Crippen LogP contribution in [0.4, 0.5) is 0 Å². The molecular weight excluding hydrogens is 188 g/mol. The molecule has 4 heteroatoms. The van der Waals surface area contributed by atoms with Crippen molar-refractivity contribution in [1.82, 2.24) is 21.3 Å². The summed E-state index contributed by atoms with van der Waals surface area (Å²) in [6.45, 7) is 5.26. The third-order valence-electron chi connectivity index (χ3n) is 2.98. The van der Waals surface area contributed by atoms with Crippen LogP contribution >= 0.6 is 0 Å². The molecule has 1 unspecified atom stereocenters. The molecule has 86 valence electrons. The summed E-state index contributed by atoms with van der Waals surface area (Å²) in [5, 5.41) is 13.8. The summed E-state index contributed by atoms with van der Waals surface area (Å²) < 4.78 is 0. The number of hydrogen-bond acceptors (Lipinski definition) is 4. The highest BCUT2D eigenvalue weighted by molar-refractivity contribution is 5.03. The molecule has 1 saturated heterocycles. The molecule has 2 bridgehead atoms. The highest BCUT2D eigenvalue weighted by Gasteiger charge is 2.15. The molecule has 2 aliphatic rings. The third kappa shape index (κ3) is 3.72. The number of hydrogen-bond donors (Lipinski definition) is 4. The van der Waals surface area contributed by atoms with Crippen molar-refractivity contribution >= 4 is 0 Å². The van der Waals surface area contributed by atoms with Crippen molar-refractivity contribution in [2.45, 2.75) is 25.3 Å². The summed E-state index contributed by atoms with van der Waals surface area (Å²) in [5.74, 6) is 0. The largest absolute Gasteiger partial charge is 0.388 e. The van der Waals surface area contributed by atoms with Crippen molar-refractivity contribution in [3.8, 4) is 0 Å². The Bertz CT molecular complexity index is 215. The first kappa shape index (κ1) is 10.8. The standard InChI is InChI=1S/C11H22N4/c1-2-10-8-13-6-4-12-5-7-14-9-11(3-1)15-10/h8,11-15H,1-7,9H2/b10-8-. The number of allylic oxidation sites excluding steroid dienone is 1. The van der Waals surface area contributed by atoms with E-state index < -0.39 is 0 Å². The molecule has 0 aromatic carbocycles. The zero-order chi connectivity index (χ0) is 10.3. The van der Waals surface area contributed by atoms with Gasteiger partial charge in [-0.25, -0.2) is 0 Å². The molecule has 0 aromatic heterocycles. The molecule has 0 amide bonds. The highest BCUT2D eigenvalue weighted by atomic mass is 15.0. The normalized spacial score (nSPS) is 32.3. The average Bonchev–Trinajstić information content (AvgIpc) is 2.26. The van der Waals surface area contributed by atoms with Gasteiger partial charge in [-0.05, 0) is 19.3 Å². The Hall–Kier alpha value is -0.740. The van der Waals surface area contributed by atoms with Gasteiger partial charge in [-0.1, -0.05) is 0 Å². The Kier molecular flexibility index (Phi) is 4.29. The monoisotopic (exact) mass is 210 g/mol. The van der Waals surface area contributed by atoms with Gasteiger partial charge in [0.25, 0.3) is 0 Å². The lowest BCUT2D eigenvalue weighted by atomic mass is 10.0. The minimum Gasteiger partial charge on any atom is -0.388 e. The van der Waals surface area contributed by atoms with Gasteiger partial charge in [-0.15, -0.1) is 0 Å². The zero-order valence-corrected chi connectivity index (χ0v) is 9.31. The van der Waals surface area contributed by atoms with Crippen molar-refractivity contribution in [2.75, 3.05) is 32.7 Å². The van der Waals surface area contributed by atoms with Crippen LogP contribution < -0.4 is 21.3 Å². The van der Waals surface area contributed by atoms with E-state index in [0.717, 1.165) is 32.7 Å². The van der Waals surface area contributed by atoms with Crippen molar-refractivity contribution in [3.63, 3.8) is 0 Å². The molecule has 0 aliphatic carbocycles. The summed E-state index contributed by atoms with van der Waals surface area (Å²) in [6, 6.07) is 0.617. The van der Waals surface area contributed by atoms with Gasteiger partial charge < -0.3 is 21.3 Å². The van der Waals surface area contributed by atoms with Crippen LogP contribution in [0.15, 0.2) is 11.9 Å². The van der Waals surface area contributed by atoms with E-state index in [9.17, 15) is 0 Å². The van der Waals surface area contributed by atoms with Crippen LogP contribution in [0, 0.1) is 0 Å². The van der Waals surface area contributed by atoms with E-state index in [1.165, 1.54) is 25.0 Å².